The molecule has 0 bridgehead atoms. The first-order valence-electron chi connectivity index (χ1n) is 7.12. The van der Waals surface area contributed by atoms with Crippen LogP contribution in [0.25, 0.3) is 0 Å². The van der Waals surface area contributed by atoms with Gasteiger partial charge < -0.3 is 15.3 Å². The number of hydrogen-bond acceptors (Lipinski definition) is 4. The molecule has 6 heteroatoms. The van der Waals surface area contributed by atoms with Gasteiger partial charge in [0.15, 0.2) is 11.9 Å². The summed E-state index contributed by atoms with van der Waals surface area (Å²) < 4.78 is 5.58. The zero-order chi connectivity index (χ0) is 16.7. The minimum absolute atomic E-state index is 0.0876. The zero-order valence-electron chi connectivity index (χ0n) is 12.6. The summed E-state index contributed by atoms with van der Waals surface area (Å²) in [6, 6.07) is 15.8. The van der Waals surface area contributed by atoms with Gasteiger partial charge in [0, 0.05) is 10.6 Å². The van der Waals surface area contributed by atoms with Crippen LogP contribution < -0.4 is 10.5 Å². The van der Waals surface area contributed by atoms with Crippen LogP contribution in [0.15, 0.2) is 59.8 Å². The van der Waals surface area contributed by atoms with Crippen molar-refractivity contribution >= 4 is 23.4 Å². The van der Waals surface area contributed by atoms with E-state index in [-0.39, 0.29) is 5.84 Å². The Labute approximate surface area is 139 Å². The minimum Gasteiger partial charge on any atom is -0.479 e. The number of para-hydroxylation sites is 1. The van der Waals surface area contributed by atoms with Gasteiger partial charge in [0.2, 0.25) is 0 Å². The number of nitrogens with zero attached hydrogens (tertiary/aromatic N) is 1. The highest BCUT2D eigenvalue weighted by Gasteiger charge is 2.20. The quantitative estimate of drug-likeness (QED) is 0.381. The highest BCUT2D eigenvalue weighted by Crippen LogP contribution is 2.14. The molecule has 0 heterocycles. The van der Waals surface area contributed by atoms with Crippen molar-refractivity contribution in [2.24, 2.45) is 10.9 Å². The zero-order valence-corrected chi connectivity index (χ0v) is 13.4. The molecule has 2 aromatic rings. The van der Waals surface area contributed by atoms with Gasteiger partial charge in [0.05, 0.1) is 0 Å². The number of ether oxygens (including phenoxy) is 1. The molecule has 0 fully saturated rings. The minimum atomic E-state index is -0.751. The van der Waals surface area contributed by atoms with Crippen LogP contribution in [0, 0.1) is 0 Å². The van der Waals surface area contributed by atoms with Crippen molar-refractivity contribution in [2.75, 3.05) is 0 Å². The molecule has 0 aliphatic heterocycles. The predicted molar refractivity (Wildman–Crippen MR) is 89.4 cm³/mol. The van der Waals surface area contributed by atoms with Crippen LogP contribution in [0.2, 0.25) is 5.02 Å². The van der Waals surface area contributed by atoms with E-state index >= 15 is 0 Å². The van der Waals surface area contributed by atoms with Gasteiger partial charge in [-0.2, -0.15) is 0 Å². The number of halogens is 1. The van der Waals surface area contributed by atoms with Gasteiger partial charge in [-0.15, -0.1) is 0 Å². The van der Waals surface area contributed by atoms with Crippen molar-refractivity contribution in [1.29, 1.82) is 0 Å². The molecular formula is C17H17ClN2O3. The molecule has 1 unspecified atom stereocenters. The second kappa shape index (κ2) is 8.19. The summed E-state index contributed by atoms with van der Waals surface area (Å²) in [5.74, 6) is 0.0730. The van der Waals surface area contributed by atoms with Gasteiger partial charge in [-0.05, 0) is 42.8 Å². The third-order valence-electron chi connectivity index (χ3n) is 3.03. The molecule has 0 saturated heterocycles. The molecule has 2 rings (SSSR count). The standard InChI is InChI=1S/C17H17ClN2O3/c1-2-15(22-14-6-4-3-5-7-14)17(21)23-20-16(19)12-8-10-13(18)11-9-12/h3-11,15H,2H2,1H3,(H2,19,20). The van der Waals surface area contributed by atoms with E-state index < -0.39 is 12.1 Å². The van der Waals surface area contributed by atoms with Crippen LogP contribution in [0.1, 0.15) is 18.9 Å². The molecule has 0 amide bonds. The Morgan fingerprint density at radius 1 is 1.17 bits per heavy atom. The largest absolute Gasteiger partial charge is 0.479 e. The molecule has 0 radical (unpaired) electrons. The summed E-state index contributed by atoms with van der Waals surface area (Å²) in [5.41, 5.74) is 6.39. The number of oxime groups is 1. The van der Waals surface area contributed by atoms with Gasteiger partial charge in [-0.1, -0.05) is 41.9 Å². The third-order valence-corrected chi connectivity index (χ3v) is 3.28. The van der Waals surface area contributed by atoms with E-state index in [1.807, 2.05) is 25.1 Å². The second-order valence-corrected chi connectivity index (χ2v) is 5.16. The van der Waals surface area contributed by atoms with Gasteiger partial charge in [-0.3, -0.25) is 0 Å². The lowest BCUT2D eigenvalue weighted by atomic mass is 10.2. The number of rotatable bonds is 6. The Hall–Kier alpha value is -2.53. The Morgan fingerprint density at radius 2 is 1.83 bits per heavy atom. The number of benzene rings is 2. The normalized spacial score (nSPS) is 12.5. The van der Waals surface area contributed by atoms with Crippen molar-refractivity contribution in [1.82, 2.24) is 0 Å². The molecule has 1 atom stereocenters. The van der Waals surface area contributed by atoms with Crippen LogP contribution in [-0.4, -0.2) is 17.9 Å². The van der Waals surface area contributed by atoms with Gasteiger partial charge >= 0.3 is 5.97 Å². The van der Waals surface area contributed by atoms with E-state index in [0.717, 1.165) is 0 Å². The predicted octanol–water partition coefficient (Wildman–Crippen LogP) is 3.36. The maximum Gasteiger partial charge on any atom is 0.375 e. The van der Waals surface area contributed by atoms with Gasteiger partial charge in [-0.25, -0.2) is 4.79 Å². The molecule has 2 aromatic carbocycles. The second-order valence-electron chi connectivity index (χ2n) is 4.72. The molecule has 0 aliphatic carbocycles. The molecule has 0 saturated carbocycles. The fourth-order valence-corrected chi connectivity index (χ4v) is 1.91. The van der Waals surface area contributed by atoms with E-state index in [1.54, 1.807) is 36.4 Å². The summed E-state index contributed by atoms with van der Waals surface area (Å²) in [6.07, 6.45) is -0.302. The highest BCUT2D eigenvalue weighted by atomic mass is 35.5. The Bertz CT molecular complexity index is 672. The number of carbonyl (C=O) groups excluding carboxylic acids is 1. The molecular weight excluding hydrogens is 316 g/mol. The molecule has 0 aromatic heterocycles. The first kappa shape index (κ1) is 16.8. The maximum absolute atomic E-state index is 12.0. The number of nitrogens with two attached hydrogens (primary N) is 1. The summed E-state index contributed by atoms with van der Waals surface area (Å²) in [6.45, 7) is 1.82. The first-order valence-corrected chi connectivity index (χ1v) is 7.50. The lowest BCUT2D eigenvalue weighted by Gasteiger charge is -2.14. The van der Waals surface area contributed by atoms with Gasteiger partial charge in [0.1, 0.15) is 5.75 Å². The number of carbonyl (C=O) groups is 1. The van der Waals surface area contributed by atoms with Crippen molar-refractivity contribution in [3.63, 3.8) is 0 Å². The van der Waals surface area contributed by atoms with Crippen LogP contribution >= 0.6 is 11.6 Å². The van der Waals surface area contributed by atoms with Crippen molar-refractivity contribution in [2.45, 2.75) is 19.4 Å². The Kier molecular flexibility index (Phi) is 6.00. The fourth-order valence-electron chi connectivity index (χ4n) is 1.79. The molecule has 0 spiro atoms. The van der Waals surface area contributed by atoms with E-state index in [0.29, 0.717) is 22.8 Å². The Balaban J connectivity index is 1.98. The SMILES string of the molecule is CCC(Oc1ccccc1)C(=O)ON=C(N)c1ccc(Cl)cc1. The molecule has 2 N–H and O–H groups in total. The van der Waals surface area contributed by atoms with Crippen molar-refractivity contribution in [3.8, 4) is 5.75 Å². The Morgan fingerprint density at radius 3 is 2.43 bits per heavy atom. The van der Waals surface area contributed by atoms with Gasteiger partial charge in [0.25, 0.3) is 0 Å². The summed E-state index contributed by atoms with van der Waals surface area (Å²) >= 11 is 5.80. The summed E-state index contributed by atoms with van der Waals surface area (Å²) in [4.78, 5) is 16.9. The molecule has 23 heavy (non-hydrogen) atoms. The maximum atomic E-state index is 12.0. The van der Waals surface area contributed by atoms with E-state index in [2.05, 4.69) is 5.16 Å². The topological polar surface area (TPSA) is 73.9 Å². The lowest BCUT2D eigenvalue weighted by molar-refractivity contribution is -0.152. The highest BCUT2D eigenvalue weighted by molar-refractivity contribution is 6.30. The average Bonchev–Trinajstić information content (AvgIpc) is 2.58. The van der Waals surface area contributed by atoms with Crippen molar-refractivity contribution < 1.29 is 14.4 Å². The fraction of sp³-hybridized carbons (Fsp3) is 0.176. The number of hydrogen-bond donors (Lipinski definition) is 1. The van der Waals surface area contributed by atoms with E-state index in [1.165, 1.54) is 0 Å². The average molecular weight is 333 g/mol. The first-order chi connectivity index (χ1) is 11.1. The number of amidine groups is 1. The molecule has 5 nitrogen and oxygen atoms in total. The van der Waals surface area contributed by atoms with E-state index in [4.69, 9.17) is 26.9 Å². The summed E-state index contributed by atoms with van der Waals surface area (Å²) in [7, 11) is 0. The van der Waals surface area contributed by atoms with Crippen LogP contribution in [0.3, 0.4) is 0 Å². The van der Waals surface area contributed by atoms with Crippen LogP contribution in [0.5, 0.6) is 5.75 Å². The third kappa shape index (κ3) is 5.00. The smallest absolute Gasteiger partial charge is 0.375 e. The van der Waals surface area contributed by atoms with Crippen LogP contribution in [0.4, 0.5) is 0 Å². The summed E-state index contributed by atoms with van der Waals surface area (Å²) in [5, 5.41) is 4.24. The monoisotopic (exact) mass is 332 g/mol. The molecule has 0 aliphatic rings. The van der Waals surface area contributed by atoms with Crippen LogP contribution in [-0.2, 0) is 9.63 Å². The van der Waals surface area contributed by atoms with E-state index in [9.17, 15) is 4.79 Å². The van der Waals surface area contributed by atoms with Crippen molar-refractivity contribution in [3.05, 3.63) is 65.2 Å². The lowest BCUT2D eigenvalue weighted by Crippen LogP contribution is -2.28. The molecule has 120 valence electrons.